The zero-order valence-corrected chi connectivity index (χ0v) is 17.2. The van der Waals surface area contributed by atoms with E-state index in [1.165, 1.54) is 21.6 Å². The molecule has 2 aliphatic rings. The van der Waals surface area contributed by atoms with Gasteiger partial charge in [-0.25, -0.2) is 0 Å². The summed E-state index contributed by atoms with van der Waals surface area (Å²) < 4.78 is 11.2. The van der Waals surface area contributed by atoms with E-state index in [4.69, 9.17) is 9.47 Å². The van der Waals surface area contributed by atoms with Gasteiger partial charge in [0.15, 0.2) is 0 Å². The summed E-state index contributed by atoms with van der Waals surface area (Å²) in [5, 5.41) is 2.14. The van der Waals surface area contributed by atoms with Gasteiger partial charge in [0.1, 0.15) is 12.4 Å². The van der Waals surface area contributed by atoms with Crippen LogP contribution in [0.5, 0.6) is 5.75 Å². The number of ether oxygens (including phenoxy) is 2. The number of esters is 1. The minimum absolute atomic E-state index is 0.0252. The molecule has 1 fully saturated rings. The molecule has 148 valence electrons. The fourth-order valence-corrected chi connectivity index (χ4v) is 5.05. The molecule has 4 nitrogen and oxygen atoms in total. The lowest BCUT2D eigenvalue weighted by molar-refractivity contribution is -0.149. The molecule has 3 heterocycles. The van der Waals surface area contributed by atoms with Crippen LogP contribution in [-0.2, 0) is 16.1 Å². The van der Waals surface area contributed by atoms with Crippen LogP contribution in [0.15, 0.2) is 41.8 Å². The van der Waals surface area contributed by atoms with Crippen molar-refractivity contribution in [3.05, 3.63) is 57.8 Å². The molecule has 0 radical (unpaired) electrons. The van der Waals surface area contributed by atoms with E-state index in [0.29, 0.717) is 13.2 Å². The molecule has 1 saturated heterocycles. The van der Waals surface area contributed by atoms with Gasteiger partial charge in [-0.15, -0.1) is 11.3 Å². The summed E-state index contributed by atoms with van der Waals surface area (Å²) in [6.07, 6.45) is 5.30. The van der Waals surface area contributed by atoms with Crippen LogP contribution in [0.2, 0.25) is 0 Å². The summed E-state index contributed by atoms with van der Waals surface area (Å²) in [4.78, 5) is 15.8. The maximum Gasteiger partial charge on any atom is 0.310 e. The van der Waals surface area contributed by atoms with Gasteiger partial charge in [0, 0.05) is 29.1 Å². The Hall–Kier alpha value is -2.11. The quantitative estimate of drug-likeness (QED) is 0.683. The van der Waals surface area contributed by atoms with E-state index in [9.17, 15) is 4.79 Å². The summed E-state index contributed by atoms with van der Waals surface area (Å²) >= 11 is 1.78. The Kier molecular flexibility index (Phi) is 6.13. The van der Waals surface area contributed by atoms with Crippen molar-refractivity contribution < 1.29 is 14.3 Å². The molecule has 0 aliphatic carbocycles. The molecule has 0 bridgehead atoms. The van der Waals surface area contributed by atoms with Gasteiger partial charge in [-0.1, -0.05) is 24.3 Å². The molecule has 0 saturated carbocycles. The number of rotatable bonds is 5. The van der Waals surface area contributed by atoms with Gasteiger partial charge in [0.2, 0.25) is 0 Å². The summed E-state index contributed by atoms with van der Waals surface area (Å²) in [5.41, 5.74) is 3.71. The van der Waals surface area contributed by atoms with Crippen LogP contribution in [-0.4, -0.2) is 37.1 Å². The first-order valence-corrected chi connectivity index (χ1v) is 11.0. The molecule has 1 aromatic heterocycles. The van der Waals surface area contributed by atoms with E-state index < -0.39 is 0 Å². The van der Waals surface area contributed by atoms with E-state index in [0.717, 1.165) is 44.6 Å². The Morgan fingerprint density at radius 3 is 3.14 bits per heavy atom. The number of piperidine rings is 1. The predicted octanol–water partition coefficient (Wildman–Crippen LogP) is 4.74. The average Bonchev–Trinajstić information content (AvgIpc) is 3.13. The molecule has 5 heteroatoms. The lowest BCUT2D eigenvalue weighted by Crippen LogP contribution is -2.39. The molecule has 28 heavy (non-hydrogen) atoms. The molecule has 0 amide bonds. The van der Waals surface area contributed by atoms with Crippen LogP contribution in [0.25, 0.3) is 5.57 Å². The third-order valence-electron chi connectivity index (χ3n) is 5.47. The van der Waals surface area contributed by atoms with Gasteiger partial charge in [0.05, 0.1) is 12.5 Å². The molecular formula is C23H27NO3S. The fourth-order valence-electron chi connectivity index (χ4n) is 4.08. The molecule has 2 aromatic rings. The number of hydrogen-bond acceptors (Lipinski definition) is 5. The van der Waals surface area contributed by atoms with Crippen LogP contribution in [0, 0.1) is 5.92 Å². The molecule has 0 unspecified atom stereocenters. The van der Waals surface area contributed by atoms with Crippen molar-refractivity contribution >= 4 is 22.9 Å². The highest BCUT2D eigenvalue weighted by molar-refractivity contribution is 7.11. The van der Waals surface area contributed by atoms with E-state index in [1.807, 2.05) is 19.1 Å². The van der Waals surface area contributed by atoms with Crippen molar-refractivity contribution in [3.8, 4) is 5.75 Å². The minimum atomic E-state index is -0.0383. The number of likely N-dealkylation sites (tertiary alicyclic amines) is 1. The molecular weight excluding hydrogens is 370 g/mol. The highest BCUT2D eigenvalue weighted by Gasteiger charge is 2.26. The van der Waals surface area contributed by atoms with Crippen LogP contribution < -0.4 is 4.74 Å². The summed E-state index contributed by atoms with van der Waals surface area (Å²) in [6.45, 7) is 5.79. The maximum atomic E-state index is 12.1. The second-order valence-corrected chi connectivity index (χ2v) is 8.27. The largest absolute Gasteiger partial charge is 0.488 e. The standard InChI is InChI=1S/C23H27NO3S/c1-2-26-23(25)17-7-5-12-24(15-17)13-6-9-20-19-8-3-4-10-21(19)27-16-18-11-14-28-22(18)20/h3-4,8-11,14,17H,2,5-7,12-13,15-16H2,1H3/t17-/m1/s1. The zero-order valence-electron chi connectivity index (χ0n) is 16.4. The topological polar surface area (TPSA) is 38.8 Å². The van der Waals surface area contributed by atoms with E-state index in [2.05, 4.69) is 34.6 Å². The zero-order chi connectivity index (χ0) is 19.3. The number of carbonyl (C=O) groups is 1. The Labute approximate surface area is 170 Å². The Morgan fingerprint density at radius 2 is 2.25 bits per heavy atom. The van der Waals surface area contributed by atoms with Crippen LogP contribution in [0.1, 0.15) is 42.2 Å². The summed E-state index contributed by atoms with van der Waals surface area (Å²) in [7, 11) is 0. The number of thiophene rings is 1. The second-order valence-electron chi connectivity index (χ2n) is 7.36. The SMILES string of the molecule is CCOC(=O)[C@@H]1CCCN(CCC=C2c3ccccc3OCc3ccsc32)C1. The summed E-state index contributed by atoms with van der Waals surface area (Å²) in [6, 6.07) is 10.5. The van der Waals surface area contributed by atoms with Gasteiger partial charge in [0.25, 0.3) is 0 Å². The first-order valence-electron chi connectivity index (χ1n) is 10.1. The number of benzene rings is 1. The maximum absolute atomic E-state index is 12.1. The highest BCUT2D eigenvalue weighted by atomic mass is 32.1. The molecule has 2 aliphatic heterocycles. The smallest absolute Gasteiger partial charge is 0.310 e. The average molecular weight is 398 g/mol. The van der Waals surface area contributed by atoms with Crippen molar-refractivity contribution in [1.29, 1.82) is 0 Å². The van der Waals surface area contributed by atoms with Gasteiger partial charge >= 0.3 is 5.97 Å². The summed E-state index contributed by atoms with van der Waals surface area (Å²) in [5.74, 6) is 0.943. The van der Waals surface area contributed by atoms with E-state index in [-0.39, 0.29) is 11.9 Å². The van der Waals surface area contributed by atoms with Gasteiger partial charge in [-0.2, -0.15) is 0 Å². The van der Waals surface area contributed by atoms with Crippen LogP contribution in [0.3, 0.4) is 0 Å². The van der Waals surface area contributed by atoms with Crippen molar-refractivity contribution in [2.75, 3.05) is 26.2 Å². The number of para-hydroxylation sites is 1. The fraction of sp³-hybridized carbons (Fsp3) is 0.435. The number of carbonyl (C=O) groups excluding carboxylic acids is 1. The van der Waals surface area contributed by atoms with Crippen molar-refractivity contribution in [3.63, 3.8) is 0 Å². The molecule has 0 spiro atoms. The number of hydrogen-bond donors (Lipinski definition) is 0. The first kappa shape index (κ1) is 19.2. The lowest BCUT2D eigenvalue weighted by Gasteiger charge is -2.31. The molecule has 4 rings (SSSR count). The van der Waals surface area contributed by atoms with Crippen molar-refractivity contribution in [2.45, 2.75) is 32.8 Å². The third kappa shape index (κ3) is 4.15. The number of nitrogens with zero attached hydrogens (tertiary/aromatic N) is 1. The Bertz CT molecular complexity index is 857. The lowest BCUT2D eigenvalue weighted by atomic mass is 9.97. The van der Waals surface area contributed by atoms with Gasteiger partial charge in [-0.05, 0) is 55.8 Å². The highest BCUT2D eigenvalue weighted by Crippen LogP contribution is 2.39. The Balaban J connectivity index is 1.47. The minimum Gasteiger partial charge on any atom is -0.488 e. The van der Waals surface area contributed by atoms with Gasteiger partial charge < -0.3 is 14.4 Å². The number of fused-ring (bicyclic) bond motifs is 2. The monoisotopic (exact) mass is 397 g/mol. The molecule has 0 N–H and O–H groups in total. The van der Waals surface area contributed by atoms with Crippen LogP contribution >= 0.6 is 11.3 Å². The van der Waals surface area contributed by atoms with Gasteiger partial charge in [-0.3, -0.25) is 4.79 Å². The van der Waals surface area contributed by atoms with Crippen molar-refractivity contribution in [2.24, 2.45) is 5.92 Å². The van der Waals surface area contributed by atoms with Crippen molar-refractivity contribution in [1.82, 2.24) is 4.90 Å². The second kappa shape index (κ2) is 8.93. The third-order valence-corrected chi connectivity index (χ3v) is 6.46. The molecule has 1 aromatic carbocycles. The normalized spacial score (nSPS) is 20.8. The first-order chi connectivity index (χ1) is 13.8. The van der Waals surface area contributed by atoms with E-state index in [1.54, 1.807) is 11.3 Å². The van der Waals surface area contributed by atoms with Crippen LogP contribution in [0.4, 0.5) is 0 Å². The molecule has 1 atom stereocenters. The predicted molar refractivity (Wildman–Crippen MR) is 113 cm³/mol. The van der Waals surface area contributed by atoms with E-state index >= 15 is 0 Å². The Morgan fingerprint density at radius 1 is 1.36 bits per heavy atom.